The van der Waals surface area contributed by atoms with Crippen LogP contribution >= 0.6 is 35.0 Å². The van der Waals surface area contributed by atoms with Crippen molar-refractivity contribution in [2.45, 2.75) is 5.03 Å². The van der Waals surface area contributed by atoms with Crippen molar-refractivity contribution in [3.63, 3.8) is 0 Å². The van der Waals surface area contributed by atoms with Crippen LogP contribution in [0.4, 0.5) is 0 Å². The van der Waals surface area contributed by atoms with Gasteiger partial charge in [-0.3, -0.25) is 0 Å². The molecular formula is C14H8Cl2N4S. The first-order valence-electron chi connectivity index (χ1n) is 5.93. The Morgan fingerprint density at radius 1 is 1.29 bits per heavy atom. The normalized spacial score (nSPS) is 10.8. The van der Waals surface area contributed by atoms with Crippen LogP contribution in [-0.2, 0) is 0 Å². The van der Waals surface area contributed by atoms with Crippen LogP contribution in [-0.4, -0.2) is 20.9 Å². The summed E-state index contributed by atoms with van der Waals surface area (Å²) in [6, 6.07) is 9.22. The molecule has 0 unspecified atom stereocenters. The molecule has 0 atom stereocenters. The van der Waals surface area contributed by atoms with Crippen molar-refractivity contribution in [1.29, 1.82) is 5.26 Å². The van der Waals surface area contributed by atoms with Gasteiger partial charge in [-0.05, 0) is 30.5 Å². The minimum Gasteiger partial charge on any atom is -0.236 e. The largest absolute Gasteiger partial charge is 0.236 e. The van der Waals surface area contributed by atoms with E-state index in [0.29, 0.717) is 26.3 Å². The second kappa shape index (κ2) is 5.57. The van der Waals surface area contributed by atoms with Gasteiger partial charge in [0.2, 0.25) is 0 Å². The van der Waals surface area contributed by atoms with Crippen LogP contribution in [0.25, 0.3) is 16.9 Å². The first-order chi connectivity index (χ1) is 10.2. The van der Waals surface area contributed by atoms with Gasteiger partial charge in [0.25, 0.3) is 0 Å². The molecule has 0 saturated carbocycles. The van der Waals surface area contributed by atoms with Crippen molar-refractivity contribution in [3.05, 3.63) is 46.1 Å². The van der Waals surface area contributed by atoms with Crippen molar-refractivity contribution < 1.29 is 0 Å². The molecule has 0 bridgehead atoms. The fraction of sp³-hybridized carbons (Fsp3) is 0.0714. The summed E-state index contributed by atoms with van der Waals surface area (Å²) in [5.41, 5.74) is 2.53. The maximum atomic E-state index is 9.29. The number of aromatic nitrogens is 3. The Hall–Kier alpha value is -1.74. The maximum Gasteiger partial charge on any atom is 0.174 e. The third-order valence-corrected chi connectivity index (χ3v) is 4.22. The molecule has 3 rings (SSSR count). The summed E-state index contributed by atoms with van der Waals surface area (Å²) in [5, 5.41) is 15.5. The Labute approximate surface area is 135 Å². The molecule has 0 aliphatic rings. The molecule has 2 heterocycles. The lowest BCUT2D eigenvalue weighted by Gasteiger charge is -2.06. The van der Waals surface area contributed by atoms with E-state index in [1.54, 1.807) is 28.9 Å². The molecule has 3 aromatic rings. The van der Waals surface area contributed by atoms with Gasteiger partial charge in [0.1, 0.15) is 16.7 Å². The number of nitriles is 1. The molecular weight excluding hydrogens is 327 g/mol. The molecule has 1 aromatic carbocycles. The Bertz CT molecular complexity index is 883. The fourth-order valence-electron chi connectivity index (χ4n) is 2.07. The van der Waals surface area contributed by atoms with Gasteiger partial charge in [-0.1, -0.05) is 23.2 Å². The first-order valence-corrected chi connectivity index (χ1v) is 7.91. The molecule has 0 aliphatic carbocycles. The van der Waals surface area contributed by atoms with E-state index in [2.05, 4.69) is 16.2 Å². The van der Waals surface area contributed by atoms with E-state index in [1.807, 2.05) is 12.3 Å². The third-order valence-electron chi connectivity index (χ3n) is 3.00. The van der Waals surface area contributed by atoms with Crippen molar-refractivity contribution in [2.24, 2.45) is 0 Å². The van der Waals surface area contributed by atoms with E-state index < -0.39 is 0 Å². The lowest BCUT2D eigenvalue weighted by molar-refractivity contribution is 0.896. The van der Waals surface area contributed by atoms with Crippen molar-refractivity contribution >= 4 is 40.6 Å². The van der Waals surface area contributed by atoms with Crippen LogP contribution in [0, 0.1) is 11.3 Å². The Balaban J connectivity index is 2.34. The minimum atomic E-state index is 0.467. The van der Waals surface area contributed by atoms with E-state index in [0.717, 1.165) is 11.3 Å². The lowest BCUT2D eigenvalue weighted by atomic mass is 10.1. The number of thioether (sulfide) groups is 1. The van der Waals surface area contributed by atoms with Crippen molar-refractivity contribution in [1.82, 2.24) is 14.6 Å². The van der Waals surface area contributed by atoms with E-state index in [1.165, 1.54) is 11.8 Å². The first kappa shape index (κ1) is 14.2. The van der Waals surface area contributed by atoms with Gasteiger partial charge in [-0.25, -0.2) is 9.50 Å². The zero-order valence-electron chi connectivity index (χ0n) is 10.8. The highest BCUT2D eigenvalue weighted by atomic mass is 35.5. The lowest BCUT2D eigenvalue weighted by Crippen LogP contribution is -1.96. The molecule has 4 nitrogen and oxygen atoms in total. The summed E-state index contributed by atoms with van der Waals surface area (Å²) in [5.74, 6) is 0. The number of rotatable bonds is 2. The van der Waals surface area contributed by atoms with Crippen LogP contribution in [0.15, 0.2) is 35.5 Å². The van der Waals surface area contributed by atoms with Crippen molar-refractivity contribution in [3.8, 4) is 17.3 Å². The summed E-state index contributed by atoms with van der Waals surface area (Å²) in [6.07, 6.45) is 3.51. The number of hydrogen-bond acceptors (Lipinski definition) is 4. The average molecular weight is 335 g/mol. The van der Waals surface area contributed by atoms with E-state index >= 15 is 0 Å². The van der Waals surface area contributed by atoms with Gasteiger partial charge in [-0.15, -0.1) is 11.8 Å². The summed E-state index contributed by atoms with van der Waals surface area (Å²) in [7, 11) is 0. The summed E-state index contributed by atoms with van der Waals surface area (Å²) in [4.78, 5) is 4.25. The van der Waals surface area contributed by atoms with Gasteiger partial charge >= 0.3 is 0 Å². The topological polar surface area (TPSA) is 54.0 Å². The Morgan fingerprint density at radius 2 is 2.10 bits per heavy atom. The van der Waals surface area contributed by atoms with E-state index in [4.69, 9.17) is 23.2 Å². The zero-order chi connectivity index (χ0) is 15.0. The molecule has 7 heteroatoms. The van der Waals surface area contributed by atoms with E-state index in [9.17, 15) is 5.26 Å². The number of benzene rings is 1. The molecule has 104 valence electrons. The number of fused-ring (bicyclic) bond motifs is 1. The standard InChI is InChI=1S/C14H8Cl2N4S/c1-21-14-10(7-17)13-18-5-4-12(20(13)19-14)9-3-2-8(15)6-11(9)16/h2-6H,1H3. The summed E-state index contributed by atoms with van der Waals surface area (Å²) < 4.78 is 1.64. The summed E-state index contributed by atoms with van der Waals surface area (Å²) in [6.45, 7) is 0. The van der Waals surface area contributed by atoms with Gasteiger partial charge in [0, 0.05) is 16.8 Å². The van der Waals surface area contributed by atoms with Crippen molar-refractivity contribution in [2.75, 3.05) is 6.26 Å². The Kier molecular flexibility index (Phi) is 3.77. The smallest absolute Gasteiger partial charge is 0.174 e. The second-order valence-electron chi connectivity index (χ2n) is 4.19. The molecule has 0 spiro atoms. The molecule has 0 aliphatic heterocycles. The SMILES string of the molecule is CSc1nn2c(-c3ccc(Cl)cc3Cl)ccnc2c1C#N. The van der Waals surface area contributed by atoms with Crippen LogP contribution in [0.3, 0.4) is 0 Å². The second-order valence-corrected chi connectivity index (χ2v) is 5.82. The third kappa shape index (κ3) is 2.36. The number of halogens is 2. The molecule has 21 heavy (non-hydrogen) atoms. The van der Waals surface area contributed by atoms with Crippen LogP contribution in [0.2, 0.25) is 10.0 Å². The number of nitrogens with zero attached hydrogens (tertiary/aromatic N) is 4. The highest BCUT2D eigenvalue weighted by molar-refractivity contribution is 7.98. The van der Waals surface area contributed by atoms with Gasteiger partial charge < -0.3 is 0 Å². The van der Waals surface area contributed by atoms with Crippen LogP contribution in [0.1, 0.15) is 5.56 Å². The zero-order valence-corrected chi connectivity index (χ0v) is 13.2. The van der Waals surface area contributed by atoms with Gasteiger partial charge in [0.15, 0.2) is 5.65 Å². The molecule has 0 N–H and O–H groups in total. The highest BCUT2D eigenvalue weighted by Crippen LogP contribution is 2.32. The monoisotopic (exact) mass is 334 g/mol. The number of hydrogen-bond donors (Lipinski definition) is 0. The van der Waals surface area contributed by atoms with E-state index in [-0.39, 0.29) is 0 Å². The van der Waals surface area contributed by atoms with Gasteiger partial charge in [-0.2, -0.15) is 10.4 Å². The molecule has 0 saturated heterocycles. The van der Waals surface area contributed by atoms with Crippen LogP contribution < -0.4 is 0 Å². The maximum absolute atomic E-state index is 9.29. The fourth-order valence-corrected chi connectivity index (χ4v) is 3.08. The van der Waals surface area contributed by atoms with Gasteiger partial charge in [0.05, 0.1) is 10.7 Å². The molecule has 0 amide bonds. The quantitative estimate of drug-likeness (QED) is 0.655. The predicted molar refractivity (Wildman–Crippen MR) is 84.9 cm³/mol. The minimum absolute atomic E-state index is 0.467. The van der Waals surface area contributed by atoms with Crippen LogP contribution in [0.5, 0.6) is 0 Å². The predicted octanol–water partition coefficient (Wildman–Crippen LogP) is 4.30. The molecule has 2 aromatic heterocycles. The molecule has 0 fully saturated rings. The average Bonchev–Trinajstić information content (AvgIpc) is 2.85. The Morgan fingerprint density at radius 3 is 2.76 bits per heavy atom. The highest BCUT2D eigenvalue weighted by Gasteiger charge is 2.17. The molecule has 0 radical (unpaired) electrons. The summed E-state index contributed by atoms with van der Waals surface area (Å²) >= 11 is 13.6.